The number of aromatic nitrogens is 5. The number of hydrogen-bond acceptors (Lipinski definition) is 8. The fourth-order valence-electron chi connectivity index (χ4n) is 2.80. The first-order valence-electron chi connectivity index (χ1n) is 8.52. The van der Waals surface area contributed by atoms with Crippen LogP contribution in [0.4, 0.5) is 5.13 Å². The molecule has 0 aromatic carbocycles. The number of pyridine rings is 2. The Morgan fingerprint density at radius 2 is 1.76 bits per heavy atom. The van der Waals surface area contributed by atoms with Crippen LogP contribution in [0.5, 0.6) is 5.75 Å². The van der Waals surface area contributed by atoms with Crippen LogP contribution in [0.25, 0.3) is 21.6 Å². The van der Waals surface area contributed by atoms with Crippen molar-refractivity contribution in [3.63, 3.8) is 0 Å². The Kier molecular flexibility index (Phi) is 5.20. The molecule has 4 aromatic heterocycles. The Labute approximate surface area is 178 Å². The highest BCUT2D eigenvalue weighted by Gasteiger charge is 2.19. The number of amides is 1. The van der Waals surface area contributed by atoms with E-state index >= 15 is 0 Å². The van der Waals surface area contributed by atoms with E-state index in [4.69, 9.17) is 4.74 Å². The minimum absolute atomic E-state index is 0.331. The zero-order chi connectivity index (χ0) is 20.5. The molecule has 0 radical (unpaired) electrons. The minimum Gasteiger partial charge on any atom is -0.494 e. The van der Waals surface area contributed by atoms with Gasteiger partial charge in [0.15, 0.2) is 15.6 Å². The molecule has 29 heavy (non-hydrogen) atoms. The topological polar surface area (TPSA) is 103 Å². The van der Waals surface area contributed by atoms with Crippen LogP contribution in [0.3, 0.4) is 0 Å². The van der Waals surface area contributed by atoms with E-state index in [9.17, 15) is 4.79 Å². The molecule has 0 bridgehead atoms. The molecule has 0 unspecified atom stereocenters. The van der Waals surface area contributed by atoms with E-state index in [-0.39, 0.29) is 5.91 Å². The van der Waals surface area contributed by atoms with Crippen LogP contribution in [0.2, 0.25) is 0 Å². The maximum Gasteiger partial charge on any atom is 0.259 e. The zero-order valence-corrected chi connectivity index (χ0v) is 18.1. The number of ether oxygens (including phenoxy) is 1. The van der Waals surface area contributed by atoms with E-state index in [0.29, 0.717) is 37.1 Å². The molecule has 0 fully saturated rings. The highest BCUT2D eigenvalue weighted by Crippen LogP contribution is 2.33. The van der Waals surface area contributed by atoms with Crippen LogP contribution in [-0.4, -0.2) is 37.9 Å². The van der Waals surface area contributed by atoms with Crippen LogP contribution in [0, 0.1) is 13.8 Å². The van der Waals surface area contributed by atoms with Crippen LogP contribution in [-0.2, 0) is 0 Å². The van der Waals surface area contributed by atoms with Crippen molar-refractivity contribution in [2.24, 2.45) is 0 Å². The first-order chi connectivity index (χ1) is 13.9. The molecule has 0 saturated heterocycles. The number of methoxy groups -OCH3 is 1. The van der Waals surface area contributed by atoms with Gasteiger partial charge in [0.2, 0.25) is 0 Å². The summed E-state index contributed by atoms with van der Waals surface area (Å²) in [7, 11) is 1.57. The van der Waals surface area contributed by atoms with Crippen LogP contribution in [0.1, 0.15) is 21.7 Å². The zero-order valence-electron chi connectivity index (χ0n) is 15.7. The smallest absolute Gasteiger partial charge is 0.259 e. The summed E-state index contributed by atoms with van der Waals surface area (Å²) in [5.41, 5.74) is 3.95. The first-order valence-corrected chi connectivity index (χ1v) is 10.1. The second kappa shape index (κ2) is 7.80. The molecular formula is C19H15BrN6O2S. The molecular weight excluding hydrogens is 456 g/mol. The third-order valence-corrected chi connectivity index (χ3v) is 5.35. The second-order valence-electron chi connectivity index (χ2n) is 6.19. The summed E-state index contributed by atoms with van der Waals surface area (Å²) in [4.78, 5) is 35.1. The number of anilines is 1. The van der Waals surface area contributed by atoms with E-state index in [0.717, 1.165) is 17.0 Å². The van der Waals surface area contributed by atoms with Crippen LogP contribution >= 0.6 is 27.3 Å². The number of thiazole rings is 1. The monoisotopic (exact) mass is 470 g/mol. The maximum atomic E-state index is 13.1. The van der Waals surface area contributed by atoms with Gasteiger partial charge in [0, 0.05) is 28.7 Å². The Hall–Kier alpha value is -2.98. The molecule has 1 amide bonds. The molecule has 0 aliphatic carbocycles. The Bertz CT molecular complexity index is 1240. The van der Waals surface area contributed by atoms with E-state index in [2.05, 4.69) is 46.2 Å². The molecule has 0 spiro atoms. The van der Waals surface area contributed by atoms with E-state index in [1.165, 1.54) is 11.3 Å². The molecule has 0 aliphatic heterocycles. The van der Waals surface area contributed by atoms with Gasteiger partial charge in [-0.1, -0.05) is 11.3 Å². The predicted octanol–water partition coefficient (Wildman–Crippen LogP) is 4.18. The summed E-state index contributed by atoms with van der Waals surface area (Å²) in [5.74, 6) is 0.246. The quantitative estimate of drug-likeness (QED) is 0.476. The van der Waals surface area contributed by atoms with Crippen LogP contribution in [0.15, 0.2) is 35.3 Å². The third kappa shape index (κ3) is 3.94. The van der Waals surface area contributed by atoms with Gasteiger partial charge in [0.25, 0.3) is 5.91 Å². The Morgan fingerprint density at radius 3 is 2.52 bits per heavy atom. The van der Waals surface area contributed by atoms with Gasteiger partial charge < -0.3 is 4.74 Å². The highest BCUT2D eigenvalue weighted by atomic mass is 79.9. The molecule has 1 N–H and O–H groups in total. The fourth-order valence-corrected chi connectivity index (χ4v) is 3.99. The molecule has 4 heterocycles. The molecule has 0 saturated carbocycles. The lowest BCUT2D eigenvalue weighted by Crippen LogP contribution is -2.14. The molecule has 8 nitrogen and oxygen atoms in total. The summed E-state index contributed by atoms with van der Waals surface area (Å²) in [6, 6.07) is 3.73. The number of fused-ring (bicyclic) bond motifs is 1. The molecule has 0 aliphatic rings. The number of rotatable bonds is 4. The summed E-state index contributed by atoms with van der Waals surface area (Å²) in [6.45, 7) is 3.75. The van der Waals surface area contributed by atoms with Gasteiger partial charge in [0.1, 0.15) is 10.4 Å². The van der Waals surface area contributed by atoms with Crippen molar-refractivity contribution in [2.45, 2.75) is 13.8 Å². The fraction of sp³-hybridized carbons (Fsp3) is 0.158. The highest BCUT2D eigenvalue weighted by molar-refractivity contribution is 9.10. The van der Waals surface area contributed by atoms with Crippen molar-refractivity contribution in [1.82, 2.24) is 24.9 Å². The first kappa shape index (κ1) is 19.3. The lowest BCUT2D eigenvalue weighted by Gasteiger charge is -2.13. The van der Waals surface area contributed by atoms with E-state index in [1.54, 1.807) is 25.7 Å². The third-order valence-electron chi connectivity index (χ3n) is 4.11. The van der Waals surface area contributed by atoms with Crippen molar-refractivity contribution >= 4 is 48.8 Å². The van der Waals surface area contributed by atoms with Gasteiger partial charge >= 0.3 is 0 Å². The average molecular weight is 471 g/mol. The Balaban J connectivity index is 1.75. The van der Waals surface area contributed by atoms with Gasteiger partial charge in [-0.2, -0.15) is 4.98 Å². The summed E-state index contributed by atoms with van der Waals surface area (Å²) < 4.78 is 6.06. The van der Waals surface area contributed by atoms with E-state index in [1.807, 2.05) is 26.0 Å². The lowest BCUT2D eigenvalue weighted by atomic mass is 9.99. The second-order valence-corrected chi connectivity index (χ2v) is 7.98. The van der Waals surface area contributed by atoms with Crippen molar-refractivity contribution < 1.29 is 9.53 Å². The molecule has 4 rings (SSSR count). The van der Waals surface area contributed by atoms with Crippen molar-refractivity contribution in [3.8, 4) is 16.9 Å². The maximum absolute atomic E-state index is 13.1. The van der Waals surface area contributed by atoms with Gasteiger partial charge in [-0.15, -0.1) is 0 Å². The largest absolute Gasteiger partial charge is 0.494 e. The number of nitrogens with zero attached hydrogens (tertiary/aromatic N) is 5. The van der Waals surface area contributed by atoms with E-state index < -0.39 is 0 Å². The predicted molar refractivity (Wildman–Crippen MR) is 114 cm³/mol. The van der Waals surface area contributed by atoms with Gasteiger partial charge in [-0.25, -0.2) is 9.97 Å². The normalized spacial score (nSPS) is 10.9. The molecule has 0 atom stereocenters. The number of halogens is 1. The number of carbonyl (C=O) groups excluding carboxylic acids is 1. The Morgan fingerprint density at radius 1 is 1.03 bits per heavy atom. The number of carbonyl (C=O) groups is 1. The standard InChI is InChI=1S/C19H15BrN6O2S/c1-9-4-11(12-5-10(2)22-7-14(12)28-3)13(6-21-9)17(27)26-19-25-16-18(29-19)24-15(20)8-23-16/h4-8H,1-3H3,(H,23,25,26,27). The number of hydrogen-bond donors (Lipinski definition) is 1. The van der Waals surface area contributed by atoms with Gasteiger partial charge in [-0.05, 0) is 41.9 Å². The minimum atomic E-state index is -0.331. The summed E-state index contributed by atoms with van der Waals surface area (Å²) in [6.07, 6.45) is 4.76. The van der Waals surface area contributed by atoms with Crippen molar-refractivity contribution in [1.29, 1.82) is 0 Å². The molecule has 10 heteroatoms. The molecule has 146 valence electrons. The van der Waals surface area contributed by atoms with Crippen LogP contribution < -0.4 is 10.1 Å². The molecule has 4 aromatic rings. The van der Waals surface area contributed by atoms with Crippen molar-refractivity contribution in [2.75, 3.05) is 12.4 Å². The van der Waals surface area contributed by atoms with Gasteiger partial charge in [0.05, 0.1) is 25.1 Å². The summed E-state index contributed by atoms with van der Waals surface area (Å²) in [5, 5.41) is 3.24. The SMILES string of the molecule is COc1cnc(C)cc1-c1cc(C)ncc1C(=O)Nc1nc2ncc(Br)nc2s1. The summed E-state index contributed by atoms with van der Waals surface area (Å²) >= 11 is 4.53. The van der Waals surface area contributed by atoms with Gasteiger partial charge in [-0.3, -0.25) is 20.1 Å². The van der Waals surface area contributed by atoms with Crippen molar-refractivity contribution in [3.05, 3.63) is 52.3 Å². The number of nitrogens with one attached hydrogen (secondary N) is 1. The average Bonchev–Trinajstić information content (AvgIpc) is 3.09. The number of aryl methyl sites for hydroxylation is 2. The lowest BCUT2D eigenvalue weighted by molar-refractivity contribution is 0.102.